The summed E-state index contributed by atoms with van der Waals surface area (Å²) in [4.78, 5) is 34.1. The monoisotopic (exact) mass is 479 g/mol. The fourth-order valence-corrected chi connectivity index (χ4v) is 4.47. The van der Waals surface area contributed by atoms with Crippen LogP contribution in [0.1, 0.15) is 56.1 Å². The van der Waals surface area contributed by atoms with Gasteiger partial charge in [-0.15, -0.1) is 0 Å². The molecule has 5 heteroatoms. The van der Waals surface area contributed by atoms with E-state index in [4.69, 9.17) is 4.98 Å². The van der Waals surface area contributed by atoms with E-state index < -0.39 is 6.04 Å². The predicted molar refractivity (Wildman–Crippen MR) is 147 cm³/mol. The fourth-order valence-electron chi connectivity index (χ4n) is 4.47. The lowest BCUT2D eigenvalue weighted by Gasteiger charge is -2.30. The number of rotatable bonds is 9. The van der Waals surface area contributed by atoms with Crippen LogP contribution in [-0.2, 0) is 4.79 Å². The molecule has 1 aromatic heterocycles. The number of carbonyl (C=O) groups excluding carboxylic acids is 1. The molecule has 184 valence electrons. The van der Waals surface area contributed by atoms with Crippen LogP contribution in [-0.4, -0.2) is 26.9 Å². The Kier molecular flexibility index (Phi) is 8.11. The maximum atomic E-state index is 13.8. The molecular weight excluding hydrogens is 446 g/mol. The van der Waals surface area contributed by atoms with E-state index in [-0.39, 0.29) is 11.5 Å². The predicted octanol–water partition coefficient (Wildman–Crippen LogP) is 6.49. The van der Waals surface area contributed by atoms with Crippen molar-refractivity contribution in [2.75, 3.05) is 6.54 Å². The summed E-state index contributed by atoms with van der Waals surface area (Å²) >= 11 is 0. The molecule has 0 aliphatic rings. The summed E-state index contributed by atoms with van der Waals surface area (Å²) in [5.74, 6) is 0.465. The fraction of sp³-hybridized carbons (Fsp3) is 0.258. The Balaban J connectivity index is 1.82. The number of amides is 1. The largest absolute Gasteiger partial charge is 0.329 e. The third-order valence-corrected chi connectivity index (χ3v) is 6.50. The zero-order valence-corrected chi connectivity index (χ0v) is 21.2. The number of fused-ring (bicyclic) bond motifs is 1. The first-order valence-electron chi connectivity index (χ1n) is 12.6. The molecule has 0 radical (unpaired) electrons. The van der Waals surface area contributed by atoms with Gasteiger partial charge in [0.1, 0.15) is 5.82 Å². The van der Waals surface area contributed by atoms with E-state index in [1.165, 1.54) is 0 Å². The van der Waals surface area contributed by atoms with Crippen molar-refractivity contribution in [3.8, 4) is 5.69 Å². The molecule has 1 atom stereocenters. The third-order valence-electron chi connectivity index (χ3n) is 6.50. The quantitative estimate of drug-likeness (QED) is 0.204. The summed E-state index contributed by atoms with van der Waals surface area (Å²) in [6, 6.07) is 24.6. The molecule has 4 aromatic rings. The first-order chi connectivity index (χ1) is 17.5. The van der Waals surface area contributed by atoms with Gasteiger partial charge in [0.15, 0.2) is 0 Å². The Morgan fingerprint density at radius 1 is 0.972 bits per heavy atom. The third kappa shape index (κ3) is 5.46. The van der Waals surface area contributed by atoms with Crippen LogP contribution >= 0.6 is 0 Å². The van der Waals surface area contributed by atoms with Crippen LogP contribution in [0, 0.1) is 6.92 Å². The Labute approximate surface area is 212 Å². The second kappa shape index (κ2) is 11.6. The molecule has 0 spiro atoms. The van der Waals surface area contributed by atoms with Gasteiger partial charge in [-0.05, 0) is 55.7 Å². The SMILES string of the molecule is CCCCCN(C(=O)C=Cc1ccccc1)C(C)c1nc2ccccc2c(=O)n1-c1ccccc1C. The maximum absolute atomic E-state index is 13.8. The Morgan fingerprint density at radius 3 is 2.42 bits per heavy atom. The maximum Gasteiger partial charge on any atom is 0.266 e. The Hall–Kier alpha value is -3.99. The molecule has 0 fully saturated rings. The van der Waals surface area contributed by atoms with Crippen molar-refractivity contribution in [2.45, 2.75) is 46.1 Å². The second-order valence-electron chi connectivity index (χ2n) is 9.07. The molecule has 0 N–H and O–H groups in total. The van der Waals surface area contributed by atoms with Gasteiger partial charge in [0.2, 0.25) is 5.91 Å². The number of unbranched alkanes of at least 4 members (excludes halogenated alkanes) is 2. The number of benzene rings is 3. The van der Waals surface area contributed by atoms with Crippen molar-refractivity contribution < 1.29 is 4.79 Å². The van der Waals surface area contributed by atoms with Crippen LogP contribution < -0.4 is 5.56 Å². The highest BCUT2D eigenvalue weighted by molar-refractivity contribution is 5.92. The van der Waals surface area contributed by atoms with Crippen LogP contribution in [0.15, 0.2) is 89.7 Å². The summed E-state index contributed by atoms with van der Waals surface area (Å²) < 4.78 is 1.68. The number of aryl methyl sites for hydroxylation is 1. The number of hydrogen-bond acceptors (Lipinski definition) is 3. The molecule has 3 aromatic carbocycles. The van der Waals surface area contributed by atoms with Crippen molar-refractivity contribution >= 4 is 22.9 Å². The zero-order valence-electron chi connectivity index (χ0n) is 21.2. The molecule has 5 nitrogen and oxygen atoms in total. The summed E-state index contributed by atoms with van der Waals surface area (Å²) in [7, 11) is 0. The molecule has 36 heavy (non-hydrogen) atoms. The van der Waals surface area contributed by atoms with Gasteiger partial charge in [0, 0.05) is 12.6 Å². The Morgan fingerprint density at radius 2 is 1.67 bits per heavy atom. The second-order valence-corrected chi connectivity index (χ2v) is 9.07. The molecule has 1 unspecified atom stereocenters. The van der Waals surface area contributed by atoms with E-state index in [2.05, 4.69) is 6.92 Å². The van der Waals surface area contributed by atoms with Gasteiger partial charge >= 0.3 is 0 Å². The van der Waals surface area contributed by atoms with Crippen molar-refractivity contribution in [3.63, 3.8) is 0 Å². The van der Waals surface area contributed by atoms with E-state index in [9.17, 15) is 9.59 Å². The summed E-state index contributed by atoms with van der Waals surface area (Å²) in [6.45, 7) is 6.68. The van der Waals surface area contributed by atoms with Crippen LogP contribution in [0.25, 0.3) is 22.7 Å². The van der Waals surface area contributed by atoms with Gasteiger partial charge in [-0.3, -0.25) is 14.2 Å². The average molecular weight is 480 g/mol. The number of para-hydroxylation sites is 2. The summed E-state index contributed by atoms with van der Waals surface area (Å²) in [6.07, 6.45) is 6.42. The van der Waals surface area contributed by atoms with Gasteiger partial charge in [-0.1, -0.05) is 80.4 Å². The number of hydrogen-bond donors (Lipinski definition) is 0. The molecule has 1 amide bonds. The molecule has 0 aliphatic carbocycles. The highest BCUT2D eigenvalue weighted by atomic mass is 16.2. The van der Waals surface area contributed by atoms with Gasteiger partial charge in [-0.25, -0.2) is 4.98 Å². The van der Waals surface area contributed by atoms with Crippen molar-refractivity contribution in [1.82, 2.24) is 14.5 Å². The normalized spacial score (nSPS) is 12.2. The van der Waals surface area contributed by atoms with Crippen molar-refractivity contribution in [3.05, 3.63) is 112 Å². The van der Waals surface area contributed by atoms with E-state index in [1.807, 2.05) is 97.6 Å². The van der Waals surface area contributed by atoms with Crippen molar-refractivity contribution in [2.24, 2.45) is 0 Å². The van der Waals surface area contributed by atoms with Crippen LogP contribution in [0.2, 0.25) is 0 Å². The molecule has 0 aliphatic heterocycles. The first kappa shape index (κ1) is 25.1. The molecule has 1 heterocycles. The zero-order chi connectivity index (χ0) is 25.5. The van der Waals surface area contributed by atoms with Crippen LogP contribution in [0.3, 0.4) is 0 Å². The lowest BCUT2D eigenvalue weighted by Crippen LogP contribution is -2.37. The van der Waals surface area contributed by atoms with Gasteiger partial charge in [0.05, 0.1) is 22.6 Å². The van der Waals surface area contributed by atoms with Crippen molar-refractivity contribution in [1.29, 1.82) is 0 Å². The van der Waals surface area contributed by atoms with E-state index in [0.717, 1.165) is 36.1 Å². The Bertz CT molecular complexity index is 1420. The molecule has 4 rings (SSSR count). The highest BCUT2D eigenvalue weighted by Crippen LogP contribution is 2.25. The molecule has 0 saturated carbocycles. The minimum absolute atomic E-state index is 0.0961. The average Bonchev–Trinajstić information content (AvgIpc) is 2.90. The van der Waals surface area contributed by atoms with E-state index >= 15 is 0 Å². The minimum Gasteiger partial charge on any atom is -0.329 e. The summed E-state index contributed by atoms with van der Waals surface area (Å²) in [5, 5.41) is 0.560. The molecule has 0 bridgehead atoms. The number of aromatic nitrogens is 2. The van der Waals surface area contributed by atoms with Crippen LogP contribution in [0.5, 0.6) is 0 Å². The first-order valence-corrected chi connectivity index (χ1v) is 12.6. The summed E-state index contributed by atoms with van der Waals surface area (Å²) in [5.41, 5.74) is 3.22. The smallest absolute Gasteiger partial charge is 0.266 e. The van der Waals surface area contributed by atoms with Gasteiger partial charge in [-0.2, -0.15) is 0 Å². The number of nitrogens with zero attached hydrogens (tertiary/aromatic N) is 3. The topological polar surface area (TPSA) is 55.2 Å². The molecular formula is C31H33N3O2. The van der Waals surface area contributed by atoms with E-state index in [0.29, 0.717) is 23.3 Å². The molecule has 0 saturated heterocycles. The van der Waals surface area contributed by atoms with Gasteiger partial charge in [0.25, 0.3) is 5.56 Å². The highest BCUT2D eigenvalue weighted by Gasteiger charge is 2.26. The van der Waals surface area contributed by atoms with Gasteiger partial charge < -0.3 is 4.90 Å². The lowest BCUT2D eigenvalue weighted by molar-refractivity contribution is -0.128. The van der Waals surface area contributed by atoms with E-state index in [1.54, 1.807) is 16.7 Å². The minimum atomic E-state index is -0.410. The van der Waals surface area contributed by atoms with Crippen LogP contribution in [0.4, 0.5) is 0 Å². The lowest BCUT2D eigenvalue weighted by atomic mass is 10.1. The number of carbonyl (C=O) groups is 1. The standard InChI is InChI=1S/C31H33N3O2/c1-4-5-13-22-33(29(35)21-20-25-15-7-6-8-16-25)24(3)30-32-27-18-11-10-17-26(27)31(36)34(30)28-19-12-9-14-23(28)2/h6-12,14-21,24H,4-5,13,22H2,1-3H3.